The topological polar surface area (TPSA) is 70.5 Å². The summed E-state index contributed by atoms with van der Waals surface area (Å²) in [4.78, 5) is 13.2. The molecule has 0 amide bonds. The van der Waals surface area contributed by atoms with E-state index in [-0.39, 0.29) is 5.56 Å². The number of halogens is 2. The van der Waals surface area contributed by atoms with E-state index < -0.39 is 5.82 Å². The zero-order valence-electron chi connectivity index (χ0n) is 15.6. The summed E-state index contributed by atoms with van der Waals surface area (Å²) in [6, 6.07) is 13.6. The van der Waals surface area contributed by atoms with Crippen LogP contribution in [0.25, 0.3) is 11.4 Å². The van der Waals surface area contributed by atoms with Crippen LogP contribution in [0.5, 0.6) is 0 Å². The molecule has 0 N–H and O–H groups in total. The maximum atomic E-state index is 13.2. The second kappa shape index (κ2) is 7.84. The quantitative estimate of drug-likeness (QED) is 0.453. The van der Waals surface area contributed by atoms with Crippen LogP contribution >= 0.6 is 23.4 Å². The van der Waals surface area contributed by atoms with E-state index in [0.29, 0.717) is 27.3 Å². The van der Waals surface area contributed by atoms with Crippen molar-refractivity contribution in [2.45, 2.75) is 17.8 Å². The minimum absolute atomic E-state index is 0.231. The monoisotopic (exact) mass is 430 g/mol. The average Bonchev–Trinajstić information content (AvgIpc) is 3.24. The summed E-state index contributed by atoms with van der Waals surface area (Å²) in [6.45, 7) is 1.84. The van der Waals surface area contributed by atoms with Gasteiger partial charge in [-0.2, -0.15) is 4.68 Å². The first-order chi connectivity index (χ1) is 14.0. The van der Waals surface area contributed by atoms with Gasteiger partial charge in [0.2, 0.25) is 5.16 Å². The predicted molar refractivity (Wildman–Crippen MR) is 109 cm³/mol. The van der Waals surface area contributed by atoms with Crippen LogP contribution in [0.3, 0.4) is 0 Å². The van der Waals surface area contributed by atoms with E-state index in [0.717, 1.165) is 11.3 Å². The summed E-state index contributed by atoms with van der Waals surface area (Å²) in [5.41, 5.74) is 2.35. The molecular weight excluding hydrogens is 415 g/mol. The van der Waals surface area contributed by atoms with E-state index in [9.17, 15) is 9.18 Å². The number of benzene rings is 2. The number of hydrogen-bond acceptors (Lipinski definition) is 5. The molecule has 0 radical (unpaired) electrons. The fourth-order valence-electron chi connectivity index (χ4n) is 2.99. The van der Waals surface area contributed by atoms with Crippen molar-refractivity contribution in [2.24, 2.45) is 7.05 Å². The van der Waals surface area contributed by atoms with Crippen LogP contribution in [-0.4, -0.2) is 29.6 Å². The standard InChI is InChI=1S/C19H16ClFN6OS/c1-12-17(18(28)27(25(12)2)15-6-4-3-5-7-15)26-19(22-23-24-26)29-11-13-8-9-14(21)10-16(13)20/h3-10H,11H2,1-2H3. The van der Waals surface area contributed by atoms with Crippen LogP contribution < -0.4 is 5.56 Å². The maximum absolute atomic E-state index is 13.2. The number of tetrazole rings is 1. The van der Waals surface area contributed by atoms with Gasteiger partial charge in [-0.15, -0.1) is 5.10 Å². The number of hydrogen-bond donors (Lipinski definition) is 0. The Balaban J connectivity index is 1.71. The first kappa shape index (κ1) is 19.4. The van der Waals surface area contributed by atoms with Crippen LogP contribution in [0.2, 0.25) is 5.02 Å². The predicted octanol–water partition coefficient (Wildman–Crippen LogP) is 3.54. The summed E-state index contributed by atoms with van der Waals surface area (Å²) in [5.74, 6) is 0.0353. The molecule has 0 saturated heterocycles. The molecule has 0 aliphatic heterocycles. The molecule has 0 aliphatic rings. The van der Waals surface area contributed by atoms with Crippen molar-refractivity contribution in [3.63, 3.8) is 0 Å². The van der Waals surface area contributed by atoms with Gasteiger partial charge in [-0.1, -0.05) is 47.6 Å². The van der Waals surface area contributed by atoms with E-state index in [4.69, 9.17) is 11.6 Å². The average molecular weight is 431 g/mol. The van der Waals surface area contributed by atoms with Crippen LogP contribution in [0.15, 0.2) is 58.5 Å². The molecule has 0 saturated carbocycles. The van der Waals surface area contributed by atoms with Crippen LogP contribution in [-0.2, 0) is 12.8 Å². The van der Waals surface area contributed by atoms with Crippen molar-refractivity contribution in [2.75, 3.05) is 0 Å². The minimum Gasteiger partial charge on any atom is -0.283 e. The molecule has 2 heterocycles. The third-order valence-corrected chi connectivity index (χ3v) is 5.87. The van der Waals surface area contributed by atoms with Crippen LogP contribution in [0.4, 0.5) is 4.39 Å². The Morgan fingerprint density at radius 1 is 1.17 bits per heavy atom. The van der Waals surface area contributed by atoms with Crippen molar-refractivity contribution in [3.05, 3.63) is 81.0 Å². The smallest absolute Gasteiger partial charge is 0.283 e. The van der Waals surface area contributed by atoms with Crippen molar-refractivity contribution >= 4 is 23.4 Å². The highest BCUT2D eigenvalue weighted by Gasteiger charge is 2.22. The van der Waals surface area contributed by atoms with Gasteiger partial charge in [-0.05, 0) is 47.2 Å². The molecule has 0 bridgehead atoms. The summed E-state index contributed by atoms with van der Waals surface area (Å²) < 4.78 is 18.0. The highest BCUT2D eigenvalue weighted by molar-refractivity contribution is 7.98. The fourth-order valence-corrected chi connectivity index (χ4v) is 4.18. The first-order valence-electron chi connectivity index (χ1n) is 8.67. The molecule has 10 heteroatoms. The molecule has 0 spiro atoms. The maximum Gasteiger partial charge on any atom is 0.297 e. The zero-order chi connectivity index (χ0) is 20.5. The van der Waals surface area contributed by atoms with Gasteiger partial charge < -0.3 is 0 Å². The van der Waals surface area contributed by atoms with Gasteiger partial charge in [0.1, 0.15) is 5.82 Å². The Hall–Kier alpha value is -2.91. The molecule has 2 aromatic carbocycles. The van der Waals surface area contributed by atoms with Gasteiger partial charge in [-0.3, -0.25) is 9.48 Å². The van der Waals surface area contributed by atoms with E-state index in [1.165, 1.54) is 28.6 Å². The van der Waals surface area contributed by atoms with E-state index >= 15 is 0 Å². The summed E-state index contributed by atoms with van der Waals surface area (Å²) in [6.07, 6.45) is 0. The van der Waals surface area contributed by atoms with Crippen molar-refractivity contribution in [1.82, 2.24) is 29.6 Å². The molecule has 4 rings (SSSR count). The van der Waals surface area contributed by atoms with Gasteiger partial charge in [0.25, 0.3) is 5.56 Å². The SMILES string of the molecule is Cc1c(-n2nnnc2SCc2ccc(F)cc2Cl)c(=O)n(-c2ccccc2)n1C. The van der Waals surface area contributed by atoms with Crippen molar-refractivity contribution in [1.29, 1.82) is 0 Å². The van der Waals surface area contributed by atoms with Crippen molar-refractivity contribution < 1.29 is 4.39 Å². The highest BCUT2D eigenvalue weighted by atomic mass is 35.5. The molecule has 148 valence electrons. The van der Waals surface area contributed by atoms with Gasteiger partial charge in [0.15, 0.2) is 5.69 Å². The van der Waals surface area contributed by atoms with Crippen molar-refractivity contribution in [3.8, 4) is 11.4 Å². The summed E-state index contributed by atoms with van der Waals surface area (Å²) >= 11 is 7.41. The summed E-state index contributed by atoms with van der Waals surface area (Å²) in [5, 5.41) is 12.6. The lowest BCUT2D eigenvalue weighted by molar-refractivity contribution is 0.627. The molecule has 0 fully saturated rings. The summed E-state index contributed by atoms with van der Waals surface area (Å²) in [7, 11) is 1.81. The van der Waals surface area contributed by atoms with Gasteiger partial charge in [-0.25, -0.2) is 9.07 Å². The molecule has 0 aliphatic carbocycles. The molecule has 4 aromatic rings. The van der Waals surface area contributed by atoms with Gasteiger partial charge in [0.05, 0.1) is 11.4 Å². The number of rotatable bonds is 5. The molecular formula is C19H16ClFN6OS. The highest BCUT2D eigenvalue weighted by Crippen LogP contribution is 2.27. The third kappa shape index (κ3) is 3.58. The lowest BCUT2D eigenvalue weighted by Crippen LogP contribution is -2.22. The van der Waals surface area contributed by atoms with E-state index in [2.05, 4.69) is 15.5 Å². The third-order valence-electron chi connectivity index (χ3n) is 4.55. The lowest BCUT2D eigenvalue weighted by atomic mass is 10.2. The Kier molecular flexibility index (Phi) is 5.25. The number of para-hydroxylation sites is 1. The molecule has 7 nitrogen and oxygen atoms in total. The van der Waals surface area contributed by atoms with Crippen LogP contribution in [0.1, 0.15) is 11.3 Å². The number of thioether (sulfide) groups is 1. The zero-order valence-corrected chi connectivity index (χ0v) is 17.2. The molecule has 2 aromatic heterocycles. The Morgan fingerprint density at radius 3 is 2.66 bits per heavy atom. The first-order valence-corrected chi connectivity index (χ1v) is 10.0. The molecule has 0 unspecified atom stereocenters. The van der Waals surface area contributed by atoms with Gasteiger partial charge >= 0.3 is 0 Å². The van der Waals surface area contributed by atoms with E-state index in [1.807, 2.05) is 44.3 Å². The Morgan fingerprint density at radius 2 is 1.93 bits per heavy atom. The largest absolute Gasteiger partial charge is 0.297 e. The Labute approximate surface area is 174 Å². The normalized spacial score (nSPS) is 11.2. The van der Waals surface area contributed by atoms with Gasteiger partial charge in [0, 0.05) is 17.8 Å². The Bertz CT molecular complexity index is 1230. The number of nitrogens with zero attached hydrogens (tertiary/aromatic N) is 6. The van der Waals surface area contributed by atoms with E-state index in [1.54, 1.807) is 15.4 Å². The lowest BCUT2D eigenvalue weighted by Gasteiger charge is -2.07. The second-order valence-electron chi connectivity index (χ2n) is 6.31. The minimum atomic E-state index is -0.394. The second-order valence-corrected chi connectivity index (χ2v) is 7.66. The fraction of sp³-hybridized carbons (Fsp3) is 0.158. The van der Waals surface area contributed by atoms with Crippen LogP contribution in [0, 0.1) is 12.7 Å². The molecule has 29 heavy (non-hydrogen) atoms. The molecule has 0 atom stereocenters. The number of aromatic nitrogens is 6.